The molecule has 0 bridgehead atoms. The highest BCUT2D eigenvalue weighted by Gasteiger charge is 2.49. The Morgan fingerprint density at radius 2 is 2.08 bits per heavy atom. The number of carbonyl (C=O) groups excluding carboxylic acids is 1. The van der Waals surface area contributed by atoms with Crippen molar-refractivity contribution in [3.63, 3.8) is 0 Å². The van der Waals surface area contributed by atoms with Gasteiger partial charge in [-0.2, -0.15) is 0 Å². The average molecular weight is 352 g/mol. The number of halogens is 2. The molecule has 4 nitrogen and oxygen atoms in total. The number of primary amides is 1. The van der Waals surface area contributed by atoms with Crippen LogP contribution >= 0.6 is 11.6 Å². The number of anilines is 1. The lowest BCUT2D eigenvalue weighted by Gasteiger charge is -2.33. The summed E-state index contributed by atoms with van der Waals surface area (Å²) in [5.74, 6) is 0.681. The van der Waals surface area contributed by atoms with Gasteiger partial charge in [0.2, 0.25) is 5.91 Å². The molecule has 1 amide bonds. The number of carbonyl (C=O) groups is 1. The van der Waals surface area contributed by atoms with Gasteiger partial charge in [0.1, 0.15) is 6.17 Å². The van der Waals surface area contributed by atoms with E-state index in [0.717, 1.165) is 36.6 Å². The van der Waals surface area contributed by atoms with Crippen LogP contribution in [0.5, 0.6) is 0 Å². The predicted molar refractivity (Wildman–Crippen MR) is 92.9 cm³/mol. The molecule has 1 saturated carbocycles. The second-order valence-electron chi connectivity index (χ2n) is 7.40. The van der Waals surface area contributed by atoms with Crippen LogP contribution in [-0.2, 0) is 4.79 Å². The Bertz CT molecular complexity index is 642. The number of benzene rings is 1. The monoisotopic (exact) mass is 351 g/mol. The molecule has 0 unspecified atom stereocenters. The standard InChI is InChI=1S/C18H23ClFN3O/c19-12-2-1-3-14(6-12)22-8-11-4-5-16(15(11)10-22)23-9-13(20)7-17(23)18(21)24/h1-3,6,11,13,15-17H,4-5,7-10H2,(H2,21,24)/t11-,13-,15+,16+,17+/m1/s1. The first-order valence-electron chi connectivity index (χ1n) is 8.72. The molecule has 1 aromatic rings. The van der Waals surface area contributed by atoms with Crippen molar-refractivity contribution in [2.24, 2.45) is 17.6 Å². The maximum absolute atomic E-state index is 13.9. The van der Waals surface area contributed by atoms with E-state index in [2.05, 4.69) is 15.9 Å². The van der Waals surface area contributed by atoms with E-state index in [-0.39, 0.29) is 18.4 Å². The Hall–Kier alpha value is -1.33. The maximum atomic E-state index is 13.9. The van der Waals surface area contributed by atoms with Crippen LogP contribution in [0.2, 0.25) is 5.02 Å². The minimum atomic E-state index is -0.938. The molecule has 0 spiro atoms. The minimum Gasteiger partial charge on any atom is -0.371 e. The first-order chi connectivity index (χ1) is 11.5. The average Bonchev–Trinajstić information content (AvgIpc) is 3.20. The maximum Gasteiger partial charge on any atom is 0.234 e. The number of hydrogen-bond acceptors (Lipinski definition) is 3. The minimum absolute atomic E-state index is 0.251. The van der Waals surface area contributed by atoms with Crippen LogP contribution in [0.15, 0.2) is 24.3 Å². The zero-order valence-corrected chi connectivity index (χ0v) is 14.3. The summed E-state index contributed by atoms with van der Waals surface area (Å²) in [6, 6.07) is 7.76. The quantitative estimate of drug-likeness (QED) is 0.910. The van der Waals surface area contributed by atoms with Crippen molar-refractivity contribution in [3.05, 3.63) is 29.3 Å². The van der Waals surface area contributed by atoms with Gasteiger partial charge in [-0.05, 0) is 42.9 Å². The Morgan fingerprint density at radius 3 is 2.83 bits per heavy atom. The van der Waals surface area contributed by atoms with E-state index in [4.69, 9.17) is 17.3 Å². The van der Waals surface area contributed by atoms with E-state index in [0.29, 0.717) is 18.4 Å². The Morgan fingerprint density at radius 1 is 1.25 bits per heavy atom. The second kappa shape index (κ2) is 6.19. The molecule has 1 aromatic carbocycles. The molecule has 4 rings (SSSR count). The summed E-state index contributed by atoms with van der Waals surface area (Å²) < 4.78 is 13.9. The van der Waals surface area contributed by atoms with Crippen molar-refractivity contribution in [3.8, 4) is 0 Å². The van der Waals surface area contributed by atoms with E-state index in [1.807, 2.05) is 18.2 Å². The number of amides is 1. The summed E-state index contributed by atoms with van der Waals surface area (Å²) in [6.45, 7) is 2.29. The molecule has 24 heavy (non-hydrogen) atoms. The fourth-order valence-electron chi connectivity index (χ4n) is 4.99. The van der Waals surface area contributed by atoms with Gasteiger partial charge in [0.25, 0.3) is 0 Å². The summed E-state index contributed by atoms with van der Waals surface area (Å²) in [5, 5.41) is 0.745. The molecular weight excluding hydrogens is 329 g/mol. The molecular formula is C18H23ClFN3O. The van der Waals surface area contributed by atoms with Crippen LogP contribution < -0.4 is 10.6 Å². The lowest BCUT2D eigenvalue weighted by Crippen LogP contribution is -2.48. The zero-order chi connectivity index (χ0) is 16.8. The highest BCUT2D eigenvalue weighted by molar-refractivity contribution is 6.30. The van der Waals surface area contributed by atoms with E-state index in [9.17, 15) is 9.18 Å². The van der Waals surface area contributed by atoms with Gasteiger partial charge in [0.15, 0.2) is 0 Å². The van der Waals surface area contributed by atoms with Crippen LogP contribution in [-0.4, -0.2) is 48.7 Å². The molecule has 3 fully saturated rings. The molecule has 3 aliphatic rings. The Labute approximate surface area is 146 Å². The van der Waals surface area contributed by atoms with Crippen LogP contribution in [0.3, 0.4) is 0 Å². The van der Waals surface area contributed by atoms with Gasteiger partial charge in [-0.25, -0.2) is 4.39 Å². The van der Waals surface area contributed by atoms with Gasteiger partial charge >= 0.3 is 0 Å². The fourth-order valence-corrected chi connectivity index (χ4v) is 5.17. The summed E-state index contributed by atoms with van der Waals surface area (Å²) >= 11 is 6.12. The summed E-state index contributed by atoms with van der Waals surface area (Å²) in [7, 11) is 0. The lowest BCUT2D eigenvalue weighted by atomic mass is 9.96. The molecule has 0 radical (unpaired) electrons. The van der Waals surface area contributed by atoms with Gasteiger partial charge in [-0.15, -0.1) is 0 Å². The first kappa shape index (κ1) is 16.2. The van der Waals surface area contributed by atoms with E-state index < -0.39 is 12.2 Å². The van der Waals surface area contributed by atoms with Gasteiger partial charge in [-0.3, -0.25) is 9.69 Å². The number of fused-ring (bicyclic) bond motifs is 1. The number of rotatable bonds is 3. The molecule has 0 aromatic heterocycles. The lowest BCUT2D eigenvalue weighted by molar-refractivity contribution is -0.123. The third-order valence-corrected chi connectivity index (χ3v) is 6.27. The molecule has 2 saturated heterocycles. The number of likely N-dealkylation sites (tertiary alicyclic amines) is 1. The number of nitrogens with two attached hydrogens (primary N) is 1. The van der Waals surface area contributed by atoms with Gasteiger partial charge in [0, 0.05) is 42.8 Å². The van der Waals surface area contributed by atoms with Crippen molar-refractivity contribution < 1.29 is 9.18 Å². The third-order valence-electron chi connectivity index (χ3n) is 6.04. The highest BCUT2D eigenvalue weighted by atomic mass is 35.5. The number of hydrogen-bond donors (Lipinski definition) is 1. The second-order valence-corrected chi connectivity index (χ2v) is 7.84. The molecule has 2 heterocycles. The third kappa shape index (κ3) is 2.78. The summed E-state index contributed by atoms with van der Waals surface area (Å²) in [4.78, 5) is 16.1. The summed E-state index contributed by atoms with van der Waals surface area (Å²) in [5.41, 5.74) is 6.66. The van der Waals surface area contributed by atoms with Crippen LogP contribution in [0.1, 0.15) is 19.3 Å². The first-order valence-corrected chi connectivity index (χ1v) is 9.10. The van der Waals surface area contributed by atoms with Crippen molar-refractivity contribution >= 4 is 23.2 Å². The van der Waals surface area contributed by atoms with Crippen molar-refractivity contribution in [1.29, 1.82) is 0 Å². The van der Waals surface area contributed by atoms with Crippen LogP contribution in [0.25, 0.3) is 0 Å². The van der Waals surface area contributed by atoms with E-state index in [1.165, 1.54) is 0 Å². The molecule has 5 atom stereocenters. The Balaban J connectivity index is 1.51. The highest BCUT2D eigenvalue weighted by Crippen LogP contribution is 2.44. The molecule has 2 aliphatic heterocycles. The summed E-state index contributed by atoms with van der Waals surface area (Å²) in [6.07, 6.45) is 1.48. The molecule has 2 N–H and O–H groups in total. The van der Waals surface area contributed by atoms with Gasteiger partial charge in [0.05, 0.1) is 6.04 Å². The van der Waals surface area contributed by atoms with Crippen molar-refractivity contribution in [2.45, 2.75) is 37.5 Å². The van der Waals surface area contributed by atoms with E-state index in [1.54, 1.807) is 0 Å². The zero-order valence-electron chi connectivity index (χ0n) is 13.6. The van der Waals surface area contributed by atoms with Gasteiger partial charge < -0.3 is 10.6 Å². The van der Waals surface area contributed by atoms with Crippen LogP contribution in [0.4, 0.5) is 10.1 Å². The number of nitrogens with zero attached hydrogens (tertiary/aromatic N) is 2. The van der Waals surface area contributed by atoms with E-state index >= 15 is 0 Å². The fraction of sp³-hybridized carbons (Fsp3) is 0.611. The topological polar surface area (TPSA) is 49.6 Å². The number of alkyl halides is 1. The smallest absolute Gasteiger partial charge is 0.234 e. The predicted octanol–water partition coefficient (Wildman–Crippen LogP) is 2.45. The normalized spacial score (nSPS) is 36.2. The van der Waals surface area contributed by atoms with Gasteiger partial charge in [-0.1, -0.05) is 17.7 Å². The Kier molecular flexibility index (Phi) is 4.17. The molecule has 1 aliphatic carbocycles. The largest absolute Gasteiger partial charge is 0.371 e. The van der Waals surface area contributed by atoms with Crippen LogP contribution in [0, 0.1) is 11.8 Å². The van der Waals surface area contributed by atoms with Crippen molar-refractivity contribution in [1.82, 2.24) is 4.90 Å². The van der Waals surface area contributed by atoms with Crippen molar-refractivity contribution in [2.75, 3.05) is 24.5 Å². The SMILES string of the molecule is NC(=O)[C@@H]1C[C@@H](F)CN1[C@H]1CC[C@@H]2CN(c3cccc(Cl)c3)C[C@@H]21. The molecule has 130 valence electrons. The molecule has 6 heteroatoms.